The van der Waals surface area contributed by atoms with Crippen LogP contribution in [0, 0.1) is 25.2 Å². The average Bonchev–Trinajstić information content (AvgIpc) is 3.00. The van der Waals surface area contributed by atoms with Crippen molar-refractivity contribution >= 4 is 11.7 Å². The lowest BCUT2D eigenvalue weighted by atomic mass is 10.2. The normalized spacial score (nSPS) is 14.4. The Morgan fingerprint density at radius 1 is 1.09 bits per heavy atom. The lowest BCUT2D eigenvalue weighted by Crippen LogP contribution is -2.39. The predicted molar refractivity (Wildman–Crippen MR) is 131 cm³/mol. The van der Waals surface area contributed by atoms with Crippen molar-refractivity contribution in [2.75, 3.05) is 37.6 Å². The van der Waals surface area contributed by atoms with Gasteiger partial charge in [0.1, 0.15) is 11.9 Å². The zero-order chi connectivity index (χ0) is 23.9. The van der Waals surface area contributed by atoms with Crippen molar-refractivity contribution in [2.24, 2.45) is 0 Å². The van der Waals surface area contributed by atoms with Crippen molar-refractivity contribution in [2.45, 2.75) is 33.4 Å². The number of nitriles is 1. The first-order chi connectivity index (χ1) is 16.5. The Labute approximate surface area is 200 Å². The van der Waals surface area contributed by atoms with Gasteiger partial charge in [0.05, 0.1) is 24.3 Å². The summed E-state index contributed by atoms with van der Waals surface area (Å²) in [5.41, 5.74) is 4.89. The first-order valence-corrected chi connectivity index (χ1v) is 11.7. The summed E-state index contributed by atoms with van der Waals surface area (Å²) in [6.45, 7) is 8.75. The molecule has 0 unspecified atom stereocenters. The number of pyridine rings is 1. The van der Waals surface area contributed by atoms with Gasteiger partial charge in [-0.1, -0.05) is 30.3 Å². The van der Waals surface area contributed by atoms with Crippen LogP contribution in [0.2, 0.25) is 0 Å². The van der Waals surface area contributed by atoms with Gasteiger partial charge < -0.3 is 10.2 Å². The fourth-order valence-electron chi connectivity index (χ4n) is 4.42. The SMILES string of the molecule is Cc1nn(Cc2ccccc2)c(C)c1CNC(=O)CN1CCCN(c2ncccc2C#N)CC1. The molecular weight excluding hydrogens is 426 g/mol. The molecule has 0 aliphatic carbocycles. The number of nitrogens with zero attached hydrogens (tertiary/aromatic N) is 6. The summed E-state index contributed by atoms with van der Waals surface area (Å²) < 4.78 is 2.00. The molecule has 4 rings (SSSR count). The summed E-state index contributed by atoms with van der Waals surface area (Å²) in [5.74, 6) is 0.744. The number of benzene rings is 1. The van der Waals surface area contributed by atoms with E-state index in [2.05, 4.69) is 50.3 Å². The van der Waals surface area contributed by atoms with Crippen molar-refractivity contribution in [3.8, 4) is 6.07 Å². The van der Waals surface area contributed by atoms with Gasteiger partial charge >= 0.3 is 0 Å². The minimum Gasteiger partial charge on any atom is -0.354 e. The molecule has 1 aliphatic rings. The zero-order valence-electron chi connectivity index (χ0n) is 19.9. The van der Waals surface area contributed by atoms with Gasteiger partial charge in [-0.15, -0.1) is 0 Å². The third kappa shape index (κ3) is 5.61. The maximum atomic E-state index is 12.7. The van der Waals surface area contributed by atoms with Crippen molar-refractivity contribution in [1.82, 2.24) is 25.0 Å². The number of amides is 1. The van der Waals surface area contributed by atoms with E-state index in [9.17, 15) is 10.1 Å². The molecule has 1 saturated heterocycles. The molecule has 0 saturated carbocycles. The standard InChI is InChI=1S/C26H31N7O/c1-20-24(21(2)33(30-20)18-22-8-4-3-5-9-22)17-29-25(34)19-31-12-7-13-32(15-14-31)26-23(16-27)10-6-11-28-26/h3-6,8-11H,7,12-15,17-19H2,1-2H3,(H,29,34). The van der Waals surface area contributed by atoms with E-state index >= 15 is 0 Å². The third-order valence-corrected chi connectivity index (χ3v) is 6.33. The number of aryl methyl sites for hydroxylation is 1. The number of hydrogen-bond donors (Lipinski definition) is 1. The average molecular weight is 458 g/mol. The molecule has 3 aromatic rings. The summed E-state index contributed by atoms with van der Waals surface area (Å²) in [6, 6.07) is 16.1. The molecule has 1 fully saturated rings. The van der Waals surface area contributed by atoms with E-state index in [-0.39, 0.29) is 5.91 Å². The highest BCUT2D eigenvalue weighted by atomic mass is 16.2. The third-order valence-electron chi connectivity index (χ3n) is 6.33. The van der Waals surface area contributed by atoms with Crippen molar-refractivity contribution in [1.29, 1.82) is 5.26 Å². The van der Waals surface area contributed by atoms with Crippen LogP contribution in [0.25, 0.3) is 0 Å². The van der Waals surface area contributed by atoms with E-state index in [1.165, 1.54) is 5.56 Å². The van der Waals surface area contributed by atoms with E-state index in [1.807, 2.05) is 29.8 Å². The van der Waals surface area contributed by atoms with E-state index < -0.39 is 0 Å². The molecule has 0 spiro atoms. The summed E-state index contributed by atoms with van der Waals surface area (Å²) in [7, 11) is 0. The van der Waals surface area contributed by atoms with E-state index in [0.29, 0.717) is 18.7 Å². The molecule has 0 atom stereocenters. The second-order valence-electron chi connectivity index (χ2n) is 8.67. The predicted octanol–water partition coefficient (Wildman–Crippen LogP) is 2.64. The van der Waals surface area contributed by atoms with Gasteiger partial charge in [-0.2, -0.15) is 10.4 Å². The van der Waals surface area contributed by atoms with Gasteiger partial charge in [0.25, 0.3) is 0 Å². The molecule has 8 nitrogen and oxygen atoms in total. The van der Waals surface area contributed by atoms with Gasteiger partial charge in [-0.25, -0.2) is 4.98 Å². The lowest BCUT2D eigenvalue weighted by Gasteiger charge is -2.23. The maximum Gasteiger partial charge on any atom is 0.234 e. The van der Waals surface area contributed by atoms with Gasteiger partial charge in [-0.3, -0.25) is 14.4 Å². The fraction of sp³-hybridized carbons (Fsp3) is 0.385. The van der Waals surface area contributed by atoms with Crippen LogP contribution in [0.3, 0.4) is 0 Å². The van der Waals surface area contributed by atoms with Crippen LogP contribution in [0.5, 0.6) is 0 Å². The van der Waals surface area contributed by atoms with E-state index in [4.69, 9.17) is 0 Å². The van der Waals surface area contributed by atoms with Crippen LogP contribution in [0.4, 0.5) is 5.82 Å². The summed E-state index contributed by atoms with van der Waals surface area (Å²) in [4.78, 5) is 21.4. The first kappa shape index (κ1) is 23.5. The molecule has 0 radical (unpaired) electrons. The highest BCUT2D eigenvalue weighted by molar-refractivity contribution is 5.78. The molecular formula is C26H31N7O. The monoisotopic (exact) mass is 457 g/mol. The highest BCUT2D eigenvalue weighted by Gasteiger charge is 2.20. The Kier molecular flexibility index (Phi) is 7.55. The van der Waals surface area contributed by atoms with Crippen molar-refractivity contribution in [3.63, 3.8) is 0 Å². The number of carbonyl (C=O) groups excluding carboxylic acids is 1. The van der Waals surface area contributed by atoms with Crippen LogP contribution >= 0.6 is 0 Å². The molecule has 3 heterocycles. The van der Waals surface area contributed by atoms with E-state index in [1.54, 1.807) is 18.3 Å². The Balaban J connectivity index is 1.30. The summed E-state index contributed by atoms with van der Waals surface area (Å²) >= 11 is 0. The summed E-state index contributed by atoms with van der Waals surface area (Å²) in [5, 5.41) is 17.1. The van der Waals surface area contributed by atoms with E-state index in [0.717, 1.165) is 61.9 Å². The fourth-order valence-corrected chi connectivity index (χ4v) is 4.42. The lowest BCUT2D eigenvalue weighted by molar-refractivity contribution is -0.122. The largest absolute Gasteiger partial charge is 0.354 e. The Hall–Kier alpha value is -3.70. The summed E-state index contributed by atoms with van der Waals surface area (Å²) in [6.07, 6.45) is 2.64. The van der Waals surface area contributed by atoms with Crippen molar-refractivity contribution < 1.29 is 4.79 Å². The molecule has 1 amide bonds. The van der Waals surface area contributed by atoms with Gasteiger partial charge in [-0.05, 0) is 38.0 Å². The molecule has 34 heavy (non-hydrogen) atoms. The minimum absolute atomic E-state index is 0.0126. The molecule has 2 aromatic heterocycles. The van der Waals surface area contributed by atoms with Gasteiger partial charge in [0.15, 0.2) is 0 Å². The molecule has 1 N–H and O–H groups in total. The molecule has 8 heteroatoms. The topological polar surface area (TPSA) is 90.1 Å². The van der Waals surface area contributed by atoms with Crippen LogP contribution < -0.4 is 10.2 Å². The highest BCUT2D eigenvalue weighted by Crippen LogP contribution is 2.18. The van der Waals surface area contributed by atoms with Crippen LogP contribution in [0.1, 0.15) is 34.5 Å². The molecule has 0 bridgehead atoms. The minimum atomic E-state index is 0.0126. The quantitative estimate of drug-likeness (QED) is 0.587. The number of aromatic nitrogens is 3. The first-order valence-electron chi connectivity index (χ1n) is 11.7. The second-order valence-corrected chi connectivity index (χ2v) is 8.67. The zero-order valence-corrected chi connectivity index (χ0v) is 19.9. The van der Waals surface area contributed by atoms with Gasteiger partial charge in [0, 0.05) is 50.2 Å². The second kappa shape index (κ2) is 10.9. The number of nitrogens with one attached hydrogen (secondary N) is 1. The maximum absolute atomic E-state index is 12.7. The smallest absolute Gasteiger partial charge is 0.234 e. The molecule has 176 valence electrons. The van der Waals surface area contributed by atoms with Crippen LogP contribution in [-0.4, -0.2) is 58.3 Å². The Morgan fingerprint density at radius 3 is 2.71 bits per heavy atom. The van der Waals surface area contributed by atoms with Crippen molar-refractivity contribution in [3.05, 3.63) is 76.7 Å². The number of carbonyl (C=O) groups is 1. The Morgan fingerprint density at radius 2 is 1.91 bits per heavy atom. The number of rotatable bonds is 7. The molecule has 1 aliphatic heterocycles. The number of hydrogen-bond acceptors (Lipinski definition) is 6. The van der Waals surface area contributed by atoms with Gasteiger partial charge in [0.2, 0.25) is 5.91 Å². The van der Waals surface area contributed by atoms with Crippen LogP contribution in [0.15, 0.2) is 48.7 Å². The molecule has 1 aromatic carbocycles. The van der Waals surface area contributed by atoms with Crippen LogP contribution in [-0.2, 0) is 17.9 Å². The Bertz CT molecular complexity index is 1170. The number of anilines is 1.